The Morgan fingerprint density at radius 3 is 2.71 bits per heavy atom. The zero-order valence-corrected chi connectivity index (χ0v) is 10.9. The largest absolute Gasteiger partial charge is 0.478 e. The summed E-state index contributed by atoms with van der Waals surface area (Å²) in [6.45, 7) is -0.152. The third-order valence-electron chi connectivity index (χ3n) is 1.84. The fraction of sp³-hybridized carbons (Fsp3) is 0.100. The molecule has 0 unspecified atom stereocenters. The number of hydrogen-bond acceptors (Lipinski definition) is 3. The number of carbonyl (C=O) groups is 1. The van der Waals surface area contributed by atoms with Gasteiger partial charge in [-0.25, -0.2) is 13.2 Å². The van der Waals surface area contributed by atoms with Crippen LogP contribution in [0.25, 0.3) is 0 Å². The lowest BCUT2D eigenvalue weighted by Crippen LogP contribution is -2.24. The number of aromatic carboxylic acids is 1. The molecule has 17 heavy (non-hydrogen) atoms. The van der Waals surface area contributed by atoms with Gasteiger partial charge in [-0.3, -0.25) is 0 Å². The van der Waals surface area contributed by atoms with Crippen LogP contribution in [0.15, 0.2) is 27.6 Å². The van der Waals surface area contributed by atoms with Gasteiger partial charge in [0.25, 0.3) is 0 Å². The maximum absolute atomic E-state index is 11.7. The topological polar surface area (TPSA) is 83.5 Å². The van der Waals surface area contributed by atoms with Crippen molar-refractivity contribution in [1.29, 1.82) is 0 Å². The summed E-state index contributed by atoms with van der Waals surface area (Å²) < 4.78 is 25.8. The van der Waals surface area contributed by atoms with Crippen molar-refractivity contribution in [2.24, 2.45) is 0 Å². The number of halogens is 1. The third kappa shape index (κ3) is 3.30. The van der Waals surface area contributed by atoms with Crippen molar-refractivity contribution in [1.82, 2.24) is 4.72 Å². The van der Waals surface area contributed by atoms with E-state index in [4.69, 9.17) is 11.5 Å². The molecule has 0 aliphatic heterocycles. The van der Waals surface area contributed by atoms with Crippen molar-refractivity contribution in [3.8, 4) is 12.3 Å². The molecule has 0 bridgehead atoms. The van der Waals surface area contributed by atoms with E-state index in [9.17, 15) is 13.2 Å². The zero-order valence-electron chi connectivity index (χ0n) is 8.47. The SMILES string of the molecule is C#CCNS(=O)(=O)c1ccc(Br)c(C(=O)O)c1. The summed E-state index contributed by atoms with van der Waals surface area (Å²) in [6, 6.07) is 3.70. The Morgan fingerprint density at radius 2 is 2.18 bits per heavy atom. The van der Waals surface area contributed by atoms with Gasteiger partial charge in [0.2, 0.25) is 10.0 Å². The Labute approximate surface area is 107 Å². The Morgan fingerprint density at radius 1 is 1.53 bits per heavy atom. The molecule has 0 aromatic heterocycles. The molecule has 0 atom stereocenters. The number of carboxylic acid groups (broad SMARTS) is 1. The van der Waals surface area contributed by atoms with Crippen LogP contribution in [0, 0.1) is 12.3 Å². The maximum Gasteiger partial charge on any atom is 0.336 e. The second-order valence-electron chi connectivity index (χ2n) is 2.98. The molecule has 0 radical (unpaired) electrons. The molecular formula is C10H8BrNO4S. The summed E-state index contributed by atoms with van der Waals surface area (Å²) in [5, 5.41) is 8.85. The number of rotatable bonds is 4. The van der Waals surface area contributed by atoms with Gasteiger partial charge in [0.05, 0.1) is 17.0 Å². The van der Waals surface area contributed by atoms with Crippen molar-refractivity contribution >= 4 is 31.9 Å². The monoisotopic (exact) mass is 317 g/mol. The Balaban J connectivity index is 3.21. The lowest BCUT2D eigenvalue weighted by atomic mass is 10.2. The number of sulfonamides is 1. The molecule has 7 heteroatoms. The molecule has 0 aliphatic carbocycles. The van der Waals surface area contributed by atoms with E-state index in [1.165, 1.54) is 12.1 Å². The number of carboxylic acids is 1. The minimum atomic E-state index is -3.77. The van der Waals surface area contributed by atoms with Crippen molar-refractivity contribution in [3.05, 3.63) is 28.2 Å². The van der Waals surface area contributed by atoms with Crippen molar-refractivity contribution < 1.29 is 18.3 Å². The van der Waals surface area contributed by atoms with E-state index in [2.05, 4.69) is 26.6 Å². The third-order valence-corrected chi connectivity index (χ3v) is 3.93. The highest BCUT2D eigenvalue weighted by molar-refractivity contribution is 9.10. The molecule has 0 heterocycles. The van der Waals surface area contributed by atoms with E-state index in [0.29, 0.717) is 4.47 Å². The van der Waals surface area contributed by atoms with Crippen LogP contribution in [0.4, 0.5) is 0 Å². The number of hydrogen-bond donors (Lipinski definition) is 2. The van der Waals surface area contributed by atoms with E-state index in [1.54, 1.807) is 0 Å². The average Bonchev–Trinajstić information content (AvgIpc) is 2.26. The van der Waals surface area contributed by atoms with Gasteiger partial charge in [-0.15, -0.1) is 6.42 Å². The summed E-state index contributed by atoms with van der Waals surface area (Å²) in [5.41, 5.74) is -0.131. The van der Waals surface area contributed by atoms with Gasteiger partial charge in [0.15, 0.2) is 0 Å². The summed E-state index contributed by atoms with van der Waals surface area (Å²) in [5.74, 6) is 0.910. The molecule has 2 N–H and O–H groups in total. The van der Waals surface area contributed by atoms with Crippen LogP contribution < -0.4 is 4.72 Å². The smallest absolute Gasteiger partial charge is 0.336 e. The first-order valence-electron chi connectivity index (χ1n) is 4.34. The highest BCUT2D eigenvalue weighted by atomic mass is 79.9. The van der Waals surface area contributed by atoms with E-state index in [0.717, 1.165) is 6.07 Å². The highest BCUT2D eigenvalue weighted by Crippen LogP contribution is 2.20. The highest BCUT2D eigenvalue weighted by Gasteiger charge is 2.17. The van der Waals surface area contributed by atoms with Crippen LogP contribution in [-0.2, 0) is 10.0 Å². The minimum Gasteiger partial charge on any atom is -0.478 e. The average molecular weight is 318 g/mol. The van der Waals surface area contributed by atoms with Gasteiger partial charge in [-0.2, -0.15) is 4.72 Å². The Kier molecular flexibility index (Phi) is 4.28. The Hall–Kier alpha value is -1.36. The van der Waals surface area contributed by atoms with E-state index < -0.39 is 16.0 Å². The molecule has 1 rings (SSSR count). The molecule has 0 amide bonds. The predicted molar refractivity (Wildman–Crippen MR) is 65.1 cm³/mol. The first-order valence-corrected chi connectivity index (χ1v) is 6.62. The van der Waals surface area contributed by atoms with Gasteiger partial charge in [-0.05, 0) is 34.1 Å². The van der Waals surface area contributed by atoms with E-state index in [-0.39, 0.29) is 17.0 Å². The minimum absolute atomic E-state index is 0.131. The van der Waals surface area contributed by atoms with Crippen LogP contribution in [0.3, 0.4) is 0 Å². The molecule has 0 saturated carbocycles. The summed E-state index contributed by atoms with van der Waals surface area (Å²) >= 11 is 3.02. The van der Waals surface area contributed by atoms with Crippen LogP contribution in [0.2, 0.25) is 0 Å². The van der Waals surface area contributed by atoms with Gasteiger partial charge in [-0.1, -0.05) is 5.92 Å². The first kappa shape index (κ1) is 13.7. The van der Waals surface area contributed by atoms with Crippen LogP contribution in [0.1, 0.15) is 10.4 Å². The maximum atomic E-state index is 11.7. The van der Waals surface area contributed by atoms with Gasteiger partial charge in [0.1, 0.15) is 0 Å². The quantitative estimate of drug-likeness (QED) is 0.813. The van der Waals surface area contributed by atoms with Crippen LogP contribution in [-0.4, -0.2) is 26.0 Å². The molecule has 1 aromatic carbocycles. The standard InChI is InChI=1S/C10H8BrNO4S/c1-2-5-12-17(15,16)7-3-4-9(11)8(6-7)10(13)14/h1,3-4,6,12H,5H2,(H,13,14). The summed E-state index contributed by atoms with van der Waals surface area (Å²) in [4.78, 5) is 10.7. The van der Waals surface area contributed by atoms with Gasteiger partial charge >= 0.3 is 5.97 Å². The first-order chi connectivity index (χ1) is 7.88. The van der Waals surface area contributed by atoms with Crippen LogP contribution in [0.5, 0.6) is 0 Å². The number of terminal acetylenes is 1. The fourth-order valence-electron chi connectivity index (χ4n) is 1.06. The molecular weight excluding hydrogens is 310 g/mol. The molecule has 90 valence electrons. The van der Waals surface area contributed by atoms with Crippen molar-refractivity contribution in [3.63, 3.8) is 0 Å². The second kappa shape index (κ2) is 5.31. The predicted octanol–water partition coefficient (Wildman–Crippen LogP) is 1.06. The molecule has 5 nitrogen and oxygen atoms in total. The lowest BCUT2D eigenvalue weighted by Gasteiger charge is -2.06. The molecule has 0 spiro atoms. The van der Waals surface area contributed by atoms with E-state index in [1.807, 2.05) is 0 Å². The van der Waals surface area contributed by atoms with Crippen LogP contribution >= 0.6 is 15.9 Å². The molecule has 0 fully saturated rings. The van der Waals surface area contributed by atoms with E-state index >= 15 is 0 Å². The van der Waals surface area contributed by atoms with Gasteiger partial charge in [0, 0.05) is 4.47 Å². The normalized spacial score (nSPS) is 10.8. The second-order valence-corrected chi connectivity index (χ2v) is 5.60. The lowest BCUT2D eigenvalue weighted by molar-refractivity contribution is 0.0695. The van der Waals surface area contributed by atoms with Crippen molar-refractivity contribution in [2.45, 2.75) is 4.90 Å². The zero-order chi connectivity index (χ0) is 13.1. The Bertz CT molecular complexity index is 589. The molecule has 1 aromatic rings. The summed E-state index contributed by atoms with van der Waals surface area (Å²) in [6.07, 6.45) is 4.94. The summed E-state index contributed by atoms with van der Waals surface area (Å²) in [7, 11) is -3.77. The number of benzene rings is 1. The van der Waals surface area contributed by atoms with Crippen molar-refractivity contribution in [2.75, 3.05) is 6.54 Å². The molecule has 0 aliphatic rings. The molecule has 0 saturated heterocycles. The fourth-order valence-corrected chi connectivity index (χ4v) is 2.43. The van der Waals surface area contributed by atoms with Gasteiger partial charge < -0.3 is 5.11 Å². The number of nitrogens with one attached hydrogen (secondary N) is 1.